The number of carbonyl (C=O) groups excluding carboxylic acids is 4. The van der Waals surface area contributed by atoms with Crippen LogP contribution in [0.15, 0.2) is 18.2 Å². The minimum absolute atomic E-state index is 0.0822. The van der Waals surface area contributed by atoms with Crippen molar-refractivity contribution in [2.75, 3.05) is 0 Å². The Labute approximate surface area is 175 Å². The van der Waals surface area contributed by atoms with E-state index >= 15 is 0 Å². The third-order valence-electron chi connectivity index (χ3n) is 5.44. The summed E-state index contributed by atoms with van der Waals surface area (Å²) in [6.07, 6.45) is 4.74. The zero-order valence-corrected chi connectivity index (χ0v) is 17.1. The Bertz CT molecular complexity index is 817. The van der Waals surface area contributed by atoms with Crippen molar-refractivity contribution in [3.05, 3.63) is 23.8 Å². The lowest BCUT2D eigenvalue weighted by molar-refractivity contribution is -0.139. The highest BCUT2D eigenvalue weighted by atomic mass is 16.3. The number of rotatable bonds is 9. The fourth-order valence-corrected chi connectivity index (χ4v) is 3.66. The molecule has 0 heterocycles. The van der Waals surface area contributed by atoms with E-state index in [1.54, 1.807) is 0 Å². The van der Waals surface area contributed by atoms with E-state index < -0.39 is 40.8 Å². The van der Waals surface area contributed by atoms with Crippen molar-refractivity contribution in [3.63, 3.8) is 0 Å². The van der Waals surface area contributed by atoms with Gasteiger partial charge < -0.3 is 26.6 Å². The van der Waals surface area contributed by atoms with Crippen molar-refractivity contribution in [2.45, 2.75) is 69.9 Å². The van der Waals surface area contributed by atoms with Crippen LogP contribution in [0.4, 0.5) is 0 Å². The maximum atomic E-state index is 13.2. The van der Waals surface area contributed by atoms with E-state index in [2.05, 4.69) is 10.6 Å². The lowest BCUT2D eigenvalue weighted by Crippen LogP contribution is -2.62. The smallest absolute Gasteiger partial charge is 0.287 e. The number of phenols is 2. The summed E-state index contributed by atoms with van der Waals surface area (Å²) in [4.78, 5) is 49.5. The number of nitrogens with one attached hydrogen (secondary N) is 2. The average molecular weight is 419 g/mol. The summed E-state index contributed by atoms with van der Waals surface area (Å²) >= 11 is 0. The predicted octanol–water partition coefficient (Wildman–Crippen LogP) is 1.26. The molecule has 6 N–H and O–H groups in total. The molecule has 9 heteroatoms. The lowest BCUT2D eigenvalue weighted by atomic mass is 9.80. The van der Waals surface area contributed by atoms with E-state index in [-0.39, 0.29) is 17.7 Å². The first-order valence-corrected chi connectivity index (χ1v) is 10.2. The Kier molecular flexibility index (Phi) is 7.79. The molecule has 1 atom stereocenters. The fraction of sp³-hybridized carbons (Fsp3) is 0.524. The number of hydrogen-bond acceptors (Lipinski definition) is 6. The average Bonchev–Trinajstić information content (AvgIpc) is 2.72. The Morgan fingerprint density at radius 1 is 1.10 bits per heavy atom. The molecular formula is C21H29N3O6. The van der Waals surface area contributed by atoms with Gasteiger partial charge in [-0.3, -0.25) is 19.2 Å². The molecule has 1 aliphatic carbocycles. The summed E-state index contributed by atoms with van der Waals surface area (Å²) in [5.74, 6) is -3.91. The molecule has 3 amide bonds. The minimum atomic E-state index is -1.24. The van der Waals surface area contributed by atoms with Crippen molar-refractivity contribution >= 4 is 23.5 Å². The summed E-state index contributed by atoms with van der Waals surface area (Å²) in [7, 11) is 0. The topological polar surface area (TPSA) is 159 Å². The maximum Gasteiger partial charge on any atom is 0.287 e. The number of amides is 3. The standard InChI is InChI=1S/C21H29N3O6/c1-2-3-7-14(17(27)18(22)28)23-20(30)21(10-5-4-6-11-21)24-19(29)13-8-9-15(25)16(26)12-13/h8-9,12,14,25-26H,2-7,10-11H2,1H3,(H2,22,28)(H,23,30)(H,24,29)/t14-/m0/s1. The van der Waals surface area contributed by atoms with Crippen molar-refractivity contribution in [1.29, 1.82) is 0 Å². The van der Waals surface area contributed by atoms with Gasteiger partial charge in [-0.05, 0) is 37.5 Å². The molecule has 0 saturated heterocycles. The third kappa shape index (κ3) is 5.49. The minimum Gasteiger partial charge on any atom is -0.504 e. The number of phenolic OH excluding ortho intramolecular Hbond substituents is 2. The second kappa shape index (κ2) is 10.1. The lowest BCUT2D eigenvalue weighted by Gasteiger charge is -2.37. The van der Waals surface area contributed by atoms with E-state index in [0.717, 1.165) is 18.9 Å². The van der Waals surface area contributed by atoms with Gasteiger partial charge in [0.25, 0.3) is 11.8 Å². The van der Waals surface area contributed by atoms with Crippen LogP contribution >= 0.6 is 0 Å². The number of hydrogen-bond donors (Lipinski definition) is 5. The Hall–Kier alpha value is -3.10. The highest BCUT2D eigenvalue weighted by molar-refractivity contribution is 6.37. The molecule has 0 unspecified atom stereocenters. The van der Waals surface area contributed by atoms with Gasteiger partial charge in [-0.1, -0.05) is 39.0 Å². The third-order valence-corrected chi connectivity index (χ3v) is 5.44. The van der Waals surface area contributed by atoms with Crippen LogP contribution in [0.3, 0.4) is 0 Å². The molecule has 2 rings (SSSR count). The van der Waals surface area contributed by atoms with E-state index in [1.807, 2.05) is 6.92 Å². The van der Waals surface area contributed by atoms with Gasteiger partial charge in [0.1, 0.15) is 5.54 Å². The first-order valence-electron chi connectivity index (χ1n) is 10.2. The van der Waals surface area contributed by atoms with Crippen LogP contribution in [0.25, 0.3) is 0 Å². The molecular weight excluding hydrogens is 390 g/mol. The summed E-state index contributed by atoms with van der Waals surface area (Å²) in [6, 6.07) is 2.59. The summed E-state index contributed by atoms with van der Waals surface area (Å²) in [5, 5.41) is 24.5. The van der Waals surface area contributed by atoms with Gasteiger partial charge in [-0.2, -0.15) is 0 Å². The quantitative estimate of drug-likeness (QED) is 0.299. The number of nitrogens with two attached hydrogens (primary N) is 1. The second-order valence-electron chi connectivity index (χ2n) is 7.70. The van der Waals surface area contributed by atoms with Crippen LogP contribution in [-0.2, 0) is 14.4 Å². The normalized spacial score (nSPS) is 16.3. The molecule has 9 nitrogen and oxygen atoms in total. The van der Waals surface area contributed by atoms with E-state index in [4.69, 9.17) is 5.73 Å². The van der Waals surface area contributed by atoms with Gasteiger partial charge >= 0.3 is 0 Å². The van der Waals surface area contributed by atoms with E-state index in [1.165, 1.54) is 12.1 Å². The highest BCUT2D eigenvalue weighted by Gasteiger charge is 2.42. The summed E-state index contributed by atoms with van der Waals surface area (Å²) in [6.45, 7) is 1.92. The molecule has 30 heavy (non-hydrogen) atoms. The van der Waals surface area contributed by atoms with Crippen LogP contribution in [0.1, 0.15) is 68.6 Å². The van der Waals surface area contributed by atoms with Crippen molar-refractivity contribution in [3.8, 4) is 11.5 Å². The zero-order valence-electron chi connectivity index (χ0n) is 17.1. The number of unbranched alkanes of at least 4 members (excludes halogenated alkanes) is 1. The Balaban J connectivity index is 2.24. The monoisotopic (exact) mass is 419 g/mol. The van der Waals surface area contributed by atoms with Gasteiger partial charge in [0.2, 0.25) is 11.7 Å². The van der Waals surface area contributed by atoms with Crippen LogP contribution in [0, 0.1) is 0 Å². The van der Waals surface area contributed by atoms with Crippen molar-refractivity contribution < 1.29 is 29.4 Å². The number of carbonyl (C=O) groups is 4. The van der Waals surface area contributed by atoms with Crippen molar-refractivity contribution in [1.82, 2.24) is 10.6 Å². The summed E-state index contributed by atoms with van der Waals surface area (Å²) in [5.41, 5.74) is 3.96. The molecule has 0 spiro atoms. The van der Waals surface area contributed by atoms with Crippen LogP contribution < -0.4 is 16.4 Å². The van der Waals surface area contributed by atoms with Crippen LogP contribution in [0.2, 0.25) is 0 Å². The van der Waals surface area contributed by atoms with E-state index in [0.29, 0.717) is 32.1 Å². The highest BCUT2D eigenvalue weighted by Crippen LogP contribution is 2.30. The van der Waals surface area contributed by atoms with Gasteiger partial charge in [0, 0.05) is 5.56 Å². The van der Waals surface area contributed by atoms with Gasteiger partial charge in [-0.25, -0.2) is 0 Å². The zero-order chi connectivity index (χ0) is 22.3. The molecule has 0 aromatic heterocycles. The van der Waals surface area contributed by atoms with Gasteiger partial charge in [0.05, 0.1) is 6.04 Å². The van der Waals surface area contributed by atoms with Gasteiger partial charge in [-0.15, -0.1) is 0 Å². The Morgan fingerprint density at radius 2 is 1.77 bits per heavy atom. The van der Waals surface area contributed by atoms with Crippen LogP contribution in [0.5, 0.6) is 11.5 Å². The second-order valence-corrected chi connectivity index (χ2v) is 7.70. The molecule has 1 aliphatic rings. The number of aromatic hydroxyl groups is 2. The predicted molar refractivity (Wildman–Crippen MR) is 109 cm³/mol. The molecule has 164 valence electrons. The first-order chi connectivity index (χ1) is 14.2. The van der Waals surface area contributed by atoms with Gasteiger partial charge in [0.15, 0.2) is 11.5 Å². The number of benzene rings is 1. The molecule has 0 radical (unpaired) electrons. The molecule has 1 fully saturated rings. The molecule has 1 saturated carbocycles. The van der Waals surface area contributed by atoms with Crippen LogP contribution in [-0.4, -0.2) is 45.3 Å². The number of Topliss-reactive ketones (excluding diaryl/α,β-unsaturated/α-hetero) is 1. The van der Waals surface area contributed by atoms with E-state index in [9.17, 15) is 29.4 Å². The van der Waals surface area contributed by atoms with Crippen molar-refractivity contribution in [2.24, 2.45) is 5.73 Å². The molecule has 0 bridgehead atoms. The Morgan fingerprint density at radius 3 is 2.33 bits per heavy atom. The maximum absolute atomic E-state index is 13.2. The largest absolute Gasteiger partial charge is 0.504 e. The number of primary amides is 1. The first kappa shape index (κ1) is 23.2. The molecule has 1 aromatic rings. The molecule has 1 aromatic carbocycles. The SMILES string of the molecule is CCCC[C@H](NC(=O)C1(NC(=O)c2ccc(O)c(O)c2)CCCCC1)C(=O)C(N)=O. The fourth-order valence-electron chi connectivity index (χ4n) is 3.66. The molecule has 0 aliphatic heterocycles. The number of ketones is 1. The summed E-state index contributed by atoms with van der Waals surface area (Å²) < 4.78 is 0.